The molecule has 0 aliphatic carbocycles. The molecule has 2 aromatic carbocycles. The van der Waals surface area contributed by atoms with Gasteiger partial charge in [-0.15, -0.1) is 0 Å². The lowest BCUT2D eigenvalue weighted by Crippen LogP contribution is -2.12. The molecule has 132 valence electrons. The first-order valence-corrected chi connectivity index (χ1v) is 7.85. The highest BCUT2D eigenvalue weighted by Crippen LogP contribution is 2.30. The normalized spacial score (nSPS) is 10.6. The summed E-state index contributed by atoms with van der Waals surface area (Å²) in [4.78, 5) is 22.4. The van der Waals surface area contributed by atoms with Crippen LogP contribution in [0.3, 0.4) is 0 Å². The minimum absolute atomic E-state index is 0.0646. The number of furan rings is 1. The average Bonchev–Trinajstić information content (AvgIpc) is 3.09. The van der Waals surface area contributed by atoms with Gasteiger partial charge in [-0.3, -0.25) is 14.9 Å². The van der Waals surface area contributed by atoms with Gasteiger partial charge >= 0.3 is 0 Å². The molecule has 8 heteroatoms. The Morgan fingerprint density at radius 3 is 2.73 bits per heavy atom. The summed E-state index contributed by atoms with van der Waals surface area (Å²) >= 11 is 6.08. The Balaban J connectivity index is 1.86. The van der Waals surface area contributed by atoms with Gasteiger partial charge in [0.25, 0.3) is 11.6 Å². The van der Waals surface area contributed by atoms with Crippen LogP contribution in [0.4, 0.5) is 15.8 Å². The van der Waals surface area contributed by atoms with Crippen LogP contribution in [0.25, 0.3) is 11.3 Å². The fraction of sp³-hybridized carbons (Fsp3) is 0.0556. The molecule has 0 atom stereocenters. The third-order valence-electron chi connectivity index (χ3n) is 3.77. The van der Waals surface area contributed by atoms with Crippen molar-refractivity contribution in [1.29, 1.82) is 0 Å². The number of carbonyl (C=O) groups excluding carboxylic acids is 1. The molecule has 0 unspecified atom stereocenters. The molecule has 0 radical (unpaired) electrons. The topological polar surface area (TPSA) is 85.4 Å². The summed E-state index contributed by atoms with van der Waals surface area (Å²) in [5.41, 5.74) is 0.871. The fourth-order valence-corrected chi connectivity index (χ4v) is 2.56. The molecule has 0 bridgehead atoms. The molecule has 3 aromatic rings. The van der Waals surface area contributed by atoms with Crippen molar-refractivity contribution in [2.75, 3.05) is 5.32 Å². The third-order valence-corrected chi connectivity index (χ3v) is 4.18. The summed E-state index contributed by atoms with van der Waals surface area (Å²) < 4.78 is 19.3. The van der Waals surface area contributed by atoms with Crippen LogP contribution in [-0.2, 0) is 0 Å². The van der Waals surface area contributed by atoms with Gasteiger partial charge in [0.15, 0.2) is 5.76 Å². The molecule has 0 spiro atoms. The van der Waals surface area contributed by atoms with E-state index in [1.807, 2.05) is 6.92 Å². The second kappa shape index (κ2) is 6.97. The molecule has 0 aliphatic rings. The number of nitrogens with zero attached hydrogens (tertiary/aromatic N) is 1. The Morgan fingerprint density at radius 1 is 1.23 bits per heavy atom. The van der Waals surface area contributed by atoms with Gasteiger partial charge in [-0.25, -0.2) is 4.39 Å². The Bertz CT molecular complexity index is 1020. The van der Waals surface area contributed by atoms with Gasteiger partial charge < -0.3 is 9.73 Å². The third kappa shape index (κ3) is 3.43. The molecule has 1 N–H and O–H groups in total. The maximum atomic E-state index is 13.8. The number of nitro groups is 1. The molecular formula is C18H12ClFN2O4. The number of anilines is 1. The summed E-state index contributed by atoms with van der Waals surface area (Å²) in [5.74, 6) is -1.16. The number of non-ortho nitro benzene ring substituents is 1. The molecule has 3 rings (SSSR count). The number of nitro benzene ring substituents is 1. The number of rotatable bonds is 4. The van der Waals surface area contributed by atoms with E-state index in [4.69, 9.17) is 16.0 Å². The molecule has 1 aromatic heterocycles. The van der Waals surface area contributed by atoms with Crippen LogP contribution in [-0.4, -0.2) is 10.8 Å². The summed E-state index contributed by atoms with van der Waals surface area (Å²) in [5, 5.41) is 13.6. The van der Waals surface area contributed by atoms with Gasteiger partial charge in [0.2, 0.25) is 0 Å². The summed E-state index contributed by atoms with van der Waals surface area (Å²) in [6, 6.07) is 11.2. The highest BCUT2D eigenvalue weighted by molar-refractivity contribution is 6.31. The van der Waals surface area contributed by atoms with Crippen molar-refractivity contribution < 1.29 is 18.5 Å². The second-order valence-electron chi connectivity index (χ2n) is 5.45. The first-order valence-electron chi connectivity index (χ1n) is 7.47. The van der Waals surface area contributed by atoms with Crippen molar-refractivity contribution in [3.63, 3.8) is 0 Å². The minimum Gasteiger partial charge on any atom is -0.451 e. The van der Waals surface area contributed by atoms with Crippen molar-refractivity contribution in [2.24, 2.45) is 0 Å². The van der Waals surface area contributed by atoms with Gasteiger partial charge in [-0.2, -0.15) is 0 Å². The zero-order valence-electron chi connectivity index (χ0n) is 13.5. The quantitative estimate of drug-likeness (QED) is 0.502. The lowest BCUT2D eigenvalue weighted by atomic mass is 10.1. The predicted molar refractivity (Wildman–Crippen MR) is 94.9 cm³/mol. The zero-order chi connectivity index (χ0) is 18.8. The Hall–Kier alpha value is -3.19. The van der Waals surface area contributed by atoms with E-state index in [9.17, 15) is 19.3 Å². The zero-order valence-corrected chi connectivity index (χ0v) is 14.2. The lowest BCUT2D eigenvalue weighted by molar-refractivity contribution is -0.384. The Kier molecular flexibility index (Phi) is 4.73. The lowest BCUT2D eigenvalue weighted by Gasteiger charge is -2.06. The van der Waals surface area contributed by atoms with Crippen molar-refractivity contribution in [3.05, 3.63) is 80.8 Å². The predicted octanol–water partition coefficient (Wildman–Crippen LogP) is 5.21. The van der Waals surface area contributed by atoms with Gasteiger partial charge in [0.05, 0.1) is 10.6 Å². The second-order valence-corrected chi connectivity index (χ2v) is 5.86. The van der Waals surface area contributed by atoms with E-state index in [1.165, 1.54) is 6.07 Å². The molecule has 26 heavy (non-hydrogen) atoms. The number of halogens is 2. The number of carbonyl (C=O) groups is 1. The van der Waals surface area contributed by atoms with E-state index in [0.29, 0.717) is 10.8 Å². The van der Waals surface area contributed by atoms with Crippen LogP contribution in [0.2, 0.25) is 5.02 Å². The first-order chi connectivity index (χ1) is 12.4. The number of hydrogen-bond acceptors (Lipinski definition) is 4. The SMILES string of the molecule is Cc1c(Cl)cccc1-c1ccc(C(=O)Nc2cc([N+](=O)[O-])ccc2F)o1. The van der Waals surface area contributed by atoms with Gasteiger partial charge in [0, 0.05) is 22.7 Å². The van der Waals surface area contributed by atoms with Crippen molar-refractivity contribution >= 4 is 28.9 Å². The Morgan fingerprint density at radius 2 is 2.00 bits per heavy atom. The average molecular weight is 375 g/mol. The molecule has 6 nitrogen and oxygen atoms in total. The maximum Gasteiger partial charge on any atom is 0.291 e. The van der Waals surface area contributed by atoms with Crippen LogP contribution in [0, 0.1) is 22.9 Å². The van der Waals surface area contributed by atoms with Crippen LogP contribution >= 0.6 is 11.6 Å². The molecular weight excluding hydrogens is 363 g/mol. The van der Waals surface area contributed by atoms with Crippen LogP contribution in [0.1, 0.15) is 16.1 Å². The van der Waals surface area contributed by atoms with E-state index in [2.05, 4.69) is 5.32 Å². The van der Waals surface area contributed by atoms with Gasteiger partial charge in [-0.05, 0) is 36.8 Å². The number of hydrogen-bond donors (Lipinski definition) is 1. The highest BCUT2D eigenvalue weighted by atomic mass is 35.5. The van der Waals surface area contributed by atoms with E-state index >= 15 is 0 Å². The largest absolute Gasteiger partial charge is 0.451 e. The van der Waals surface area contributed by atoms with E-state index < -0.39 is 16.6 Å². The molecule has 1 heterocycles. The van der Waals surface area contributed by atoms with Crippen molar-refractivity contribution in [2.45, 2.75) is 6.92 Å². The summed E-state index contributed by atoms with van der Waals surface area (Å²) in [6.45, 7) is 1.82. The van der Waals surface area contributed by atoms with Gasteiger partial charge in [-0.1, -0.05) is 23.7 Å². The summed E-state index contributed by atoms with van der Waals surface area (Å²) in [7, 11) is 0. The van der Waals surface area contributed by atoms with E-state index in [0.717, 1.165) is 29.3 Å². The molecule has 0 saturated carbocycles. The van der Waals surface area contributed by atoms with Crippen molar-refractivity contribution in [1.82, 2.24) is 0 Å². The standard InChI is InChI=1S/C18H12ClFN2O4/c1-10-12(3-2-4-13(10)19)16-7-8-17(26-16)18(23)21-15-9-11(22(24)25)5-6-14(15)20/h2-9H,1H3,(H,21,23). The molecule has 0 fully saturated rings. The molecule has 1 amide bonds. The minimum atomic E-state index is -0.790. The monoisotopic (exact) mass is 374 g/mol. The first kappa shape index (κ1) is 17.6. The van der Waals surface area contributed by atoms with E-state index in [1.54, 1.807) is 24.3 Å². The van der Waals surface area contributed by atoms with E-state index in [-0.39, 0.29) is 17.1 Å². The van der Waals surface area contributed by atoms with Gasteiger partial charge in [0.1, 0.15) is 11.6 Å². The fourth-order valence-electron chi connectivity index (χ4n) is 2.39. The number of benzene rings is 2. The van der Waals surface area contributed by atoms with Crippen LogP contribution < -0.4 is 5.32 Å². The Labute approximate surface area is 152 Å². The highest BCUT2D eigenvalue weighted by Gasteiger charge is 2.17. The maximum absolute atomic E-state index is 13.8. The van der Waals surface area contributed by atoms with Crippen LogP contribution in [0.15, 0.2) is 52.9 Å². The number of amides is 1. The van der Waals surface area contributed by atoms with Crippen molar-refractivity contribution in [3.8, 4) is 11.3 Å². The molecule has 0 aliphatic heterocycles. The number of nitrogens with one attached hydrogen (secondary N) is 1. The smallest absolute Gasteiger partial charge is 0.291 e. The van der Waals surface area contributed by atoms with Crippen LogP contribution in [0.5, 0.6) is 0 Å². The molecule has 0 saturated heterocycles. The summed E-state index contributed by atoms with van der Waals surface area (Å²) in [6.07, 6.45) is 0.